The highest BCUT2D eigenvalue weighted by molar-refractivity contribution is 6.32. The van der Waals surface area contributed by atoms with E-state index < -0.39 is 16.9 Å². The third-order valence-electron chi connectivity index (χ3n) is 5.36. The van der Waals surface area contributed by atoms with Crippen LogP contribution in [0.15, 0.2) is 48.5 Å². The number of benzene rings is 2. The van der Waals surface area contributed by atoms with Crippen molar-refractivity contribution in [3.05, 3.63) is 74.8 Å². The number of rotatable bonds is 10. The maximum atomic E-state index is 12.9. The zero-order valence-corrected chi connectivity index (χ0v) is 18.9. The van der Waals surface area contributed by atoms with E-state index >= 15 is 0 Å². The molecule has 2 N–H and O–H groups in total. The summed E-state index contributed by atoms with van der Waals surface area (Å²) >= 11 is 5.84. The van der Waals surface area contributed by atoms with Gasteiger partial charge in [0, 0.05) is 37.7 Å². The number of carbonyl (C=O) groups excluding carboxylic acids is 2. The Morgan fingerprint density at radius 1 is 1.15 bits per heavy atom. The highest BCUT2D eigenvalue weighted by atomic mass is 35.5. The second kappa shape index (κ2) is 12.3. The summed E-state index contributed by atoms with van der Waals surface area (Å²) in [7, 11) is 0. The number of nitro benzene ring substituents is 1. The van der Waals surface area contributed by atoms with Gasteiger partial charge in [-0.1, -0.05) is 41.9 Å². The molecule has 1 unspecified atom stereocenters. The fourth-order valence-corrected chi connectivity index (χ4v) is 3.74. The minimum absolute atomic E-state index is 0.0595. The van der Waals surface area contributed by atoms with Gasteiger partial charge in [0.05, 0.1) is 18.1 Å². The number of amides is 2. The van der Waals surface area contributed by atoms with E-state index in [1.54, 1.807) is 0 Å². The fraction of sp³-hybridized carbons (Fsp3) is 0.391. The van der Waals surface area contributed by atoms with Crippen molar-refractivity contribution in [2.24, 2.45) is 0 Å². The lowest BCUT2D eigenvalue weighted by Gasteiger charge is -2.26. The van der Waals surface area contributed by atoms with Crippen LogP contribution in [0.25, 0.3) is 0 Å². The number of hydrogen-bond donors (Lipinski definition) is 2. The predicted molar refractivity (Wildman–Crippen MR) is 124 cm³/mol. The van der Waals surface area contributed by atoms with E-state index in [0.717, 1.165) is 50.9 Å². The number of carbonyl (C=O) groups is 2. The molecule has 1 aliphatic heterocycles. The summed E-state index contributed by atoms with van der Waals surface area (Å²) in [6, 6.07) is 12.3. The molecule has 0 radical (unpaired) electrons. The van der Waals surface area contributed by atoms with Crippen molar-refractivity contribution in [1.29, 1.82) is 0 Å². The van der Waals surface area contributed by atoms with Gasteiger partial charge in [0.1, 0.15) is 11.1 Å². The molecule has 176 valence electrons. The highest BCUT2D eigenvalue weighted by Gasteiger charge is 2.23. The average Bonchev–Trinajstić information content (AvgIpc) is 2.82. The van der Waals surface area contributed by atoms with Gasteiger partial charge in [0.15, 0.2) is 0 Å². The maximum absolute atomic E-state index is 12.9. The molecule has 1 heterocycles. The van der Waals surface area contributed by atoms with Crippen LogP contribution in [0, 0.1) is 10.1 Å². The first kappa shape index (κ1) is 24.6. The minimum Gasteiger partial charge on any atom is -0.379 e. The quantitative estimate of drug-likeness (QED) is 0.310. The predicted octanol–water partition coefficient (Wildman–Crippen LogP) is 2.43. The smallest absolute Gasteiger partial charge is 0.288 e. The Hall–Kier alpha value is -3.01. The Kier molecular flexibility index (Phi) is 9.17. The van der Waals surface area contributed by atoms with Crippen LogP contribution in [0.4, 0.5) is 5.69 Å². The van der Waals surface area contributed by atoms with Gasteiger partial charge >= 0.3 is 0 Å². The Labute approximate surface area is 197 Å². The summed E-state index contributed by atoms with van der Waals surface area (Å²) in [5.41, 5.74) is 0.578. The summed E-state index contributed by atoms with van der Waals surface area (Å²) in [4.78, 5) is 38.5. The largest absolute Gasteiger partial charge is 0.379 e. The third-order valence-corrected chi connectivity index (χ3v) is 5.68. The highest BCUT2D eigenvalue weighted by Crippen LogP contribution is 2.25. The molecule has 10 heteroatoms. The van der Waals surface area contributed by atoms with Gasteiger partial charge in [-0.3, -0.25) is 24.6 Å². The topological polar surface area (TPSA) is 114 Å². The third kappa shape index (κ3) is 7.52. The molecule has 1 aliphatic rings. The molecule has 3 rings (SSSR count). The molecular formula is C23H27ClN4O5. The summed E-state index contributed by atoms with van der Waals surface area (Å²) in [6.45, 7) is 4.54. The number of nitrogens with zero attached hydrogens (tertiary/aromatic N) is 2. The van der Waals surface area contributed by atoms with Gasteiger partial charge < -0.3 is 15.4 Å². The monoisotopic (exact) mass is 474 g/mol. The first-order chi connectivity index (χ1) is 15.9. The molecule has 1 saturated heterocycles. The van der Waals surface area contributed by atoms with Crippen LogP contribution >= 0.6 is 11.6 Å². The molecule has 33 heavy (non-hydrogen) atoms. The molecule has 2 aromatic rings. The van der Waals surface area contributed by atoms with E-state index in [1.807, 2.05) is 30.3 Å². The molecule has 0 bridgehead atoms. The number of nitrogens with one attached hydrogen (secondary N) is 2. The maximum Gasteiger partial charge on any atom is 0.288 e. The van der Waals surface area contributed by atoms with Crippen LogP contribution < -0.4 is 10.6 Å². The van der Waals surface area contributed by atoms with Crippen molar-refractivity contribution in [3.63, 3.8) is 0 Å². The molecule has 1 atom stereocenters. The summed E-state index contributed by atoms with van der Waals surface area (Å²) < 4.78 is 5.34. The average molecular weight is 475 g/mol. The van der Waals surface area contributed by atoms with Crippen LogP contribution in [0.2, 0.25) is 5.02 Å². The van der Waals surface area contributed by atoms with E-state index in [4.69, 9.17) is 16.3 Å². The van der Waals surface area contributed by atoms with Crippen LogP contribution in [0.1, 0.15) is 22.3 Å². The van der Waals surface area contributed by atoms with Crippen LogP contribution in [0.5, 0.6) is 0 Å². The number of nitro groups is 1. The standard InChI is InChI=1S/C23H27ClN4O5/c24-19-8-7-18(16-21(19)28(31)32)22(29)26-20(15-17-5-2-1-3-6-17)23(30)25-9-4-10-27-11-13-33-14-12-27/h1-3,5-8,16,20H,4,9-15H2,(H,25,30)(H,26,29). The number of hydrogen-bond acceptors (Lipinski definition) is 6. The number of morpholine rings is 1. The van der Waals surface area contributed by atoms with Crippen molar-refractivity contribution >= 4 is 29.1 Å². The lowest BCUT2D eigenvalue weighted by Crippen LogP contribution is -2.48. The molecule has 2 aromatic carbocycles. The van der Waals surface area contributed by atoms with Gasteiger partial charge in [-0.05, 0) is 30.7 Å². The SMILES string of the molecule is O=C(NC(Cc1ccccc1)C(=O)NCCCN1CCOCC1)c1ccc(Cl)c([N+](=O)[O-])c1. The second-order valence-corrected chi connectivity index (χ2v) is 8.14. The molecule has 0 spiro atoms. The van der Waals surface area contributed by atoms with E-state index in [1.165, 1.54) is 12.1 Å². The Bertz CT molecular complexity index is 967. The molecule has 1 fully saturated rings. The Morgan fingerprint density at radius 3 is 2.58 bits per heavy atom. The van der Waals surface area contributed by atoms with Crippen molar-refractivity contribution in [2.75, 3.05) is 39.4 Å². The summed E-state index contributed by atoms with van der Waals surface area (Å²) in [6.07, 6.45) is 1.07. The normalized spacial score (nSPS) is 14.9. The summed E-state index contributed by atoms with van der Waals surface area (Å²) in [5.74, 6) is -0.892. The van der Waals surface area contributed by atoms with Gasteiger partial charge in [-0.25, -0.2) is 0 Å². The van der Waals surface area contributed by atoms with E-state index in [9.17, 15) is 19.7 Å². The molecular weight excluding hydrogens is 448 g/mol. The number of ether oxygens (including phenoxy) is 1. The van der Waals surface area contributed by atoms with Crippen molar-refractivity contribution < 1.29 is 19.2 Å². The Morgan fingerprint density at radius 2 is 1.88 bits per heavy atom. The van der Waals surface area contributed by atoms with E-state index in [2.05, 4.69) is 15.5 Å². The lowest BCUT2D eigenvalue weighted by atomic mass is 10.0. The van der Waals surface area contributed by atoms with Gasteiger partial charge in [0.25, 0.3) is 11.6 Å². The van der Waals surface area contributed by atoms with Gasteiger partial charge in [-0.2, -0.15) is 0 Å². The number of halogens is 1. The Balaban J connectivity index is 1.63. The molecule has 9 nitrogen and oxygen atoms in total. The van der Waals surface area contributed by atoms with Crippen LogP contribution in [0.3, 0.4) is 0 Å². The van der Waals surface area contributed by atoms with Crippen molar-refractivity contribution in [3.8, 4) is 0 Å². The van der Waals surface area contributed by atoms with Crippen LogP contribution in [-0.4, -0.2) is 67.1 Å². The second-order valence-electron chi connectivity index (χ2n) is 7.74. The van der Waals surface area contributed by atoms with Gasteiger partial charge in [-0.15, -0.1) is 0 Å². The fourth-order valence-electron chi connectivity index (χ4n) is 3.56. The first-order valence-corrected chi connectivity index (χ1v) is 11.2. The lowest BCUT2D eigenvalue weighted by molar-refractivity contribution is -0.384. The molecule has 0 aliphatic carbocycles. The van der Waals surface area contributed by atoms with E-state index in [-0.39, 0.29) is 28.6 Å². The van der Waals surface area contributed by atoms with Crippen molar-refractivity contribution in [2.45, 2.75) is 18.9 Å². The molecule has 0 saturated carbocycles. The minimum atomic E-state index is -0.835. The first-order valence-electron chi connectivity index (χ1n) is 10.8. The van der Waals surface area contributed by atoms with Crippen LogP contribution in [-0.2, 0) is 16.0 Å². The molecule has 2 amide bonds. The van der Waals surface area contributed by atoms with E-state index in [0.29, 0.717) is 6.54 Å². The molecule has 0 aromatic heterocycles. The van der Waals surface area contributed by atoms with Gasteiger partial charge in [0.2, 0.25) is 5.91 Å². The van der Waals surface area contributed by atoms with Crippen molar-refractivity contribution in [1.82, 2.24) is 15.5 Å². The zero-order chi connectivity index (χ0) is 23.6. The zero-order valence-electron chi connectivity index (χ0n) is 18.2. The summed E-state index contributed by atoms with van der Waals surface area (Å²) in [5, 5.41) is 16.7.